The van der Waals surface area contributed by atoms with Crippen molar-refractivity contribution in [3.63, 3.8) is 0 Å². The lowest BCUT2D eigenvalue weighted by Crippen LogP contribution is -2.23. The summed E-state index contributed by atoms with van der Waals surface area (Å²) in [5, 5.41) is 3.17. The lowest BCUT2D eigenvalue weighted by atomic mass is 9.97. The van der Waals surface area contributed by atoms with E-state index in [0.717, 1.165) is 0 Å². The number of para-hydroxylation sites is 1. The van der Waals surface area contributed by atoms with Crippen LogP contribution in [0.3, 0.4) is 0 Å². The summed E-state index contributed by atoms with van der Waals surface area (Å²) in [6.45, 7) is 6.99. The first-order chi connectivity index (χ1) is 7.76. The average molecular weight is 256 g/mol. The molecule has 4 nitrogen and oxygen atoms in total. The molecule has 0 aliphatic carbocycles. The van der Waals surface area contributed by atoms with E-state index in [2.05, 4.69) is 30.8 Å². The highest BCUT2D eigenvalue weighted by molar-refractivity contribution is 7.89. The van der Waals surface area contributed by atoms with Crippen LogP contribution in [0.25, 0.3) is 0 Å². The number of anilines is 1. The molecule has 1 aromatic rings. The van der Waals surface area contributed by atoms with Crippen molar-refractivity contribution in [2.45, 2.75) is 25.7 Å². The highest BCUT2D eigenvalue weighted by Crippen LogP contribution is 2.22. The van der Waals surface area contributed by atoms with Crippen LogP contribution in [-0.4, -0.2) is 22.0 Å². The van der Waals surface area contributed by atoms with Crippen LogP contribution < -0.4 is 10.0 Å². The third kappa shape index (κ3) is 4.02. The lowest BCUT2D eigenvalue weighted by Gasteiger charge is -2.21. The Morgan fingerprint density at radius 2 is 1.76 bits per heavy atom. The van der Waals surface area contributed by atoms with E-state index in [9.17, 15) is 8.42 Å². The topological polar surface area (TPSA) is 58.2 Å². The fraction of sp³-hybridized carbons (Fsp3) is 0.500. The molecule has 0 amide bonds. The summed E-state index contributed by atoms with van der Waals surface area (Å²) in [7, 11) is -2.00. The summed E-state index contributed by atoms with van der Waals surface area (Å²) in [6.07, 6.45) is 0. The summed E-state index contributed by atoms with van der Waals surface area (Å²) in [5.74, 6) is 0. The van der Waals surface area contributed by atoms with Gasteiger partial charge in [0.2, 0.25) is 10.0 Å². The molecule has 0 aliphatic rings. The first kappa shape index (κ1) is 14.0. The Bertz CT molecular complexity index is 476. The van der Waals surface area contributed by atoms with Gasteiger partial charge in [-0.05, 0) is 24.6 Å². The highest BCUT2D eigenvalue weighted by Gasteiger charge is 2.17. The summed E-state index contributed by atoms with van der Waals surface area (Å²) < 4.78 is 25.9. The van der Waals surface area contributed by atoms with Crippen molar-refractivity contribution in [1.29, 1.82) is 0 Å². The molecule has 0 saturated heterocycles. The smallest absolute Gasteiger partial charge is 0.242 e. The van der Waals surface area contributed by atoms with Crippen molar-refractivity contribution in [2.24, 2.45) is 5.41 Å². The molecule has 1 aromatic carbocycles. The third-order valence-electron chi connectivity index (χ3n) is 2.25. The minimum atomic E-state index is -3.41. The molecule has 96 valence electrons. The maximum absolute atomic E-state index is 11.8. The second-order valence-electron chi connectivity index (χ2n) is 5.12. The van der Waals surface area contributed by atoms with Crippen LogP contribution in [0, 0.1) is 5.41 Å². The molecule has 0 fully saturated rings. The molecule has 17 heavy (non-hydrogen) atoms. The van der Waals surface area contributed by atoms with Gasteiger partial charge in [-0.15, -0.1) is 0 Å². The molecule has 0 bridgehead atoms. The largest absolute Gasteiger partial charge is 0.383 e. The fourth-order valence-electron chi connectivity index (χ4n) is 1.32. The van der Waals surface area contributed by atoms with Crippen LogP contribution in [0.5, 0.6) is 0 Å². The van der Waals surface area contributed by atoms with Crippen LogP contribution in [0.15, 0.2) is 29.2 Å². The van der Waals surface area contributed by atoms with Gasteiger partial charge in [-0.25, -0.2) is 13.1 Å². The number of hydrogen-bond donors (Lipinski definition) is 2. The number of benzene rings is 1. The van der Waals surface area contributed by atoms with E-state index in [1.54, 1.807) is 18.2 Å². The van der Waals surface area contributed by atoms with E-state index in [4.69, 9.17) is 0 Å². The molecule has 0 aliphatic heterocycles. The zero-order valence-electron chi connectivity index (χ0n) is 10.7. The summed E-state index contributed by atoms with van der Waals surface area (Å²) >= 11 is 0. The summed E-state index contributed by atoms with van der Waals surface area (Å²) in [6, 6.07) is 6.90. The zero-order chi connectivity index (χ0) is 13.1. The second kappa shape index (κ2) is 5.06. The van der Waals surface area contributed by atoms with Crippen molar-refractivity contribution in [1.82, 2.24) is 4.72 Å². The van der Waals surface area contributed by atoms with Crippen LogP contribution in [0.4, 0.5) is 5.69 Å². The molecule has 5 heteroatoms. The van der Waals surface area contributed by atoms with Crippen LogP contribution in [0.2, 0.25) is 0 Å². The normalized spacial score (nSPS) is 12.5. The van der Waals surface area contributed by atoms with E-state index < -0.39 is 10.0 Å². The van der Waals surface area contributed by atoms with E-state index in [-0.39, 0.29) is 10.3 Å². The standard InChI is InChI=1S/C12H20N2O2S/c1-12(2,3)9-14-10-7-5-6-8-11(10)17(15,16)13-4/h5-8,13-14H,9H2,1-4H3. The van der Waals surface area contributed by atoms with Crippen molar-refractivity contribution in [2.75, 3.05) is 18.9 Å². The van der Waals surface area contributed by atoms with Gasteiger partial charge in [-0.2, -0.15) is 0 Å². The molecule has 0 spiro atoms. The zero-order valence-corrected chi connectivity index (χ0v) is 11.6. The van der Waals surface area contributed by atoms with Crippen molar-refractivity contribution >= 4 is 15.7 Å². The monoisotopic (exact) mass is 256 g/mol. The van der Waals surface area contributed by atoms with Gasteiger partial charge in [0.05, 0.1) is 5.69 Å². The lowest BCUT2D eigenvalue weighted by molar-refractivity contribution is 0.442. The minimum absolute atomic E-state index is 0.0938. The SMILES string of the molecule is CNS(=O)(=O)c1ccccc1NCC(C)(C)C. The van der Waals surface area contributed by atoms with Crippen LogP contribution in [0.1, 0.15) is 20.8 Å². The number of hydrogen-bond acceptors (Lipinski definition) is 3. The van der Waals surface area contributed by atoms with E-state index in [0.29, 0.717) is 12.2 Å². The Morgan fingerprint density at radius 1 is 1.18 bits per heavy atom. The average Bonchev–Trinajstić information content (AvgIpc) is 2.26. The number of nitrogens with one attached hydrogen (secondary N) is 2. The quantitative estimate of drug-likeness (QED) is 0.867. The Kier molecular flexibility index (Phi) is 4.16. The number of rotatable bonds is 4. The van der Waals surface area contributed by atoms with Gasteiger partial charge in [0.25, 0.3) is 0 Å². The maximum atomic E-state index is 11.8. The molecule has 2 N–H and O–H groups in total. The minimum Gasteiger partial charge on any atom is -0.383 e. The number of sulfonamides is 1. The maximum Gasteiger partial charge on any atom is 0.242 e. The third-order valence-corrected chi connectivity index (χ3v) is 3.73. The van der Waals surface area contributed by atoms with E-state index in [1.165, 1.54) is 7.05 Å². The molecule has 0 atom stereocenters. The first-order valence-electron chi connectivity index (χ1n) is 5.53. The molecule has 0 heterocycles. The van der Waals surface area contributed by atoms with Crippen molar-refractivity contribution in [3.05, 3.63) is 24.3 Å². The van der Waals surface area contributed by atoms with E-state index >= 15 is 0 Å². The summed E-state index contributed by atoms with van der Waals surface area (Å²) in [4.78, 5) is 0.284. The Balaban J connectivity index is 3.02. The fourth-order valence-corrected chi connectivity index (χ4v) is 2.22. The Morgan fingerprint density at radius 3 is 2.29 bits per heavy atom. The summed E-state index contributed by atoms with van der Waals surface area (Å²) in [5.41, 5.74) is 0.730. The molecule has 1 rings (SSSR count). The van der Waals surface area contributed by atoms with Gasteiger partial charge in [-0.3, -0.25) is 0 Å². The van der Waals surface area contributed by atoms with Gasteiger partial charge in [0, 0.05) is 6.54 Å². The molecular formula is C12H20N2O2S. The van der Waals surface area contributed by atoms with E-state index in [1.807, 2.05) is 6.07 Å². The first-order valence-corrected chi connectivity index (χ1v) is 7.01. The van der Waals surface area contributed by atoms with Gasteiger partial charge in [-0.1, -0.05) is 32.9 Å². The van der Waals surface area contributed by atoms with Crippen LogP contribution >= 0.6 is 0 Å². The predicted octanol–water partition coefficient (Wildman–Crippen LogP) is 2.05. The van der Waals surface area contributed by atoms with Gasteiger partial charge < -0.3 is 5.32 Å². The Labute approximate surface area is 103 Å². The second-order valence-corrected chi connectivity index (χ2v) is 6.97. The van der Waals surface area contributed by atoms with Crippen molar-refractivity contribution < 1.29 is 8.42 Å². The molecule has 0 unspecified atom stereocenters. The molecule has 0 radical (unpaired) electrons. The molecule has 0 aromatic heterocycles. The van der Waals surface area contributed by atoms with Gasteiger partial charge in [0.15, 0.2) is 0 Å². The highest BCUT2D eigenvalue weighted by atomic mass is 32.2. The Hall–Kier alpha value is -1.07. The molecule has 0 saturated carbocycles. The molecular weight excluding hydrogens is 236 g/mol. The predicted molar refractivity (Wildman–Crippen MR) is 70.6 cm³/mol. The van der Waals surface area contributed by atoms with Gasteiger partial charge in [0.1, 0.15) is 4.90 Å². The van der Waals surface area contributed by atoms with Crippen molar-refractivity contribution in [3.8, 4) is 0 Å². The van der Waals surface area contributed by atoms with Gasteiger partial charge >= 0.3 is 0 Å². The van der Waals surface area contributed by atoms with Crippen LogP contribution in [-0.2, 0) is 10.0 Å².